The van der Waals surface area contributed by atoms with Crippen molar-refractivity contribution in [1.29, 1.82) is 5.26 Å². The lowest BCUT2D eigenvalue weighted by molar-refractivity contribution is 0.00789. The third kappa shape index (κ3) is 3.23. The fraction of sp³-hybridized carbons (Fsp3) is 0.333. The molecule has 4 heterocycles. The number of fused-ring (bicyclic) bond motifs is 2. The molecule has 0 bridgehead atoms. The summed E-state index contributed by atoms with van der Waals surface area (Å²) in [4.78, 5) is 7.23. The van der Waals surface area contributed by atoms with Gasteiger partial charge in [0.1, 0.15) is 47.1 Å². The molecule has 2 saturated heterocycles. The fourth-order valence-electron chi connectivity index (χ4n) is 4.06. The Hall–Kier alpha value is -2.77. The summed E-state index contributed by atoms with van der Waals surface area (Å²) in [6, 6.07) is 5.83. The lowest BCUT2D eigenvalue weighted by atomic mass is 10.1. The average Bonchev–Trinajstić information content (AvgIpc) is 3.37. The van der Waals surface area contributed by atoms with Crippen LogP contribution in [0.5, 0.6) is 5.88 Å². The van der Waals surface area contributed by atoms with Crippen LogP contribution in [-0.2, 0) is 9.47 Å². The maximum atomic E-state index is 14.5. The van der Waals surface area contributed by atoms with Crippen molar-refractivity contribution in [3.05, 3.63) is 46.0 Å². The van der Waals surface area contributed by atoms with Crippen LogP contribution in [0.2, 0.25) is 5.02 Å². The van der Waals surface area contributed by atoms with E-state index in [0.29, 0.717) is 11.1 Å². The lowest BCUT2D eigenvalue weighted by Gasteiger charge is -2.16. The van der Waals surface area contributed by atoms with Gasteiger partial charge in [0.2, 0.25) is 5.88 Å². The zero-order chi connectivity index (χ0) is 21.9. The molecule has 1 aromatic carbocycles. The van der Waals surface area contributed by atoms with Gasteiger partial charge in [-0.1, -0.05) is 11.6 Å². The highest BCUT2D eigenvalue weighted by molar-refractivity contribution is 6.33. The molecule has 31 heavy (non-hydrogen) atoms. The van der Waals surface area contributed by atoms with Crippen LogP contribution in [-0.4, -0.2) is 52.7 Å². The number of H-pyrrole nitrogens is 1. The molecule has 3 aromatic rings. The monoisotopic (exact) mass is 447 g/mol. The molecule has 2 unspecified atom stereocenters. The molecule has 2 aromatic heterocycles. The van der Waals surface area contributed by atoms with Gasteiger partial charge in [-0.05, 0) is 30.7 Å². The smallest absolute Gasteiger partial charge is 0.212 e. The normalized spacial score (nSPS) is 25.0. The van der Waals surface area contributed by atoms with Gasteiger partial charge in [-0.15, -0.1) is 0 Å². The van der Waals surface area contributed by atoms with Crippen molar-refractivity contribution < 1.29 is 28.1 Å². The Kier molecular flexibility index (Phi) is 4.83. The number of hydrogen-bond acceptors (Lipinski definition) is 6. The Morgan fingerprint density at radius 2 is 1.94 bits per heavy atom. The van der Waals surface area contributed by atoms with Crippen LogP contribution in [0.15, 0.2) is 18.2 Å². The second-order valence-electron chi connectivity index (χ2n) is 7.58. The molecule has 10 heteroatoms. The van der Waals surface area contributed by atoms with Gasteiger partial charge in [-0.3, -0.25) is 0 Å². The standard InChI is InChI=1S/C21H16ClF2N3O4/c1-8-2-11(23)16(12(24)3-8)18-10(22)4-13-17(27-18)9(5-25)21(26-13)31-15-7-30-19-14(28)6-29-20(15)19/h2-4,14-15,19-20,26,28H,6-7H2,1H3/t14?,15?,19-,20-/m1/s1. The van der Waals surface area contributed by atoms with E-state index in [2.05, 4.69) is 9.97 Å². The van der Waals surface area contributed by atoms with Crippen LogP contribution in [0.4, 0.5) is 8.78 Å². The fourth-order valence-corrected chi connectivity index (χ4v) is 4.30. The summed E-state index contributed by atoms with van der Waals surface area (Å²) in [6.07, 6.45) is -2.26. The first-order valence-electron chi connectivity index (χ1n) is 9.53. The number of aromatic nitrogens is 2. The highest BCUT2D eigenvalue weighted by Gasteiger charge is 2.48. The van der Waals surface area contributed by atoms with E-state index in [1.165, 1.54) is 18.2 Å². The minimum absolute atomic E-state index is 0.0120. The summed E-state index contributed by atoms with van der Waals surface area (Å²) in [6.45, 7) is 1.88. The van der Waals surface area contributed by atoms with Gasteiger partial charge >= 0.3 is 0 Å². The minimum atomic E-state index is -0.803. The number of aromatic amines is 1. The zero-order valence-corrected chi connectivity index (χ0v) is 16.9. The molecule has 2 fully saturated rings. The van der Waals surface area contributed by atoms with E-state index in [-0.39, 0.29) is 46.5 Å². The molecule has 0 spiro atoms. The van der Waals surface area contributed by atoms with Crippen molar-refractivity contribution in [2.24, 2.45) is 0 Å². The minimum Gasteiger partial charge on any atom is -0.469 e. The van der Waals surface area contributed by atoms with Crippen LogP contribution in [0.3, 0.4) is 0 Å². The number of nitrogens with zero attached hydrogens (tertiary/aromatic N) is 2. The Bertz CT molecular complexity index is 1220. The van der Waals surface area contributed by atoms with Gasteiger partial charge in [0.25, 0.3) is 0 Å². The number of nitrogens with one attached hydrogen (secondary N) is 1. The number of aryl methyl sites for hydroxylation is 1. The van der Waals surface area contributed by atoms with Crippen LogP contribution in [0.25, 0.3) is 22.3 Å². The molecule has 0 amide bonds. The van der Waals surface area contributed by atoms with Crippen molar-refractivity contribution >= 4 is 22.6 Å². The second kappa shape index (κ2) is 7.43. The molecule has 2 aliphatic rings. The number of aliphatic hydroxyl groups is 1. The first kappa shape index (κ1) is 20.2. The van der Waals surface area contributed by atoms with Crippen molar-refractivity contribution in [2.75, 3.05) is 13.2 Å². The molecule has 160 valence electrons. The Morgan fingerprint density at radius 3 is 2.65 bits per heavy atom. The number of pyridine rings is 1. The van der Waals surface area contributed by atoms with Crippen LogP contribution < -0.4 is 4.74 Å². The maximum absolute atomic E-state index is 14.5. The summed E-state index contributed by atoms with van der Waals surface area (Å²) >= 11 is 6.28. The molecule has 2 N–H and O–H groups in total. The first-order chi connectivity index (χ1) is 14.9. The molecular weight excluding hydrogens is 432 g/mol. The average molecular weight is 448 g/mol. The predicted octanol–water partition coefficient (Wildman–Crippen LogP) is 3.25. The molecular formula is C21H16ClF2N3O4. The van der Waals surface area contributed by atoms with Crippen molar-refractivity contribution in [3.63, 3.8) is 0 Å². The molecule has 5 rings (SSSR count). The van der Waals surface area contributed by atoms with Gasteiger partial charge in [0, 0.05) is 0 Å². The van der Waals surface area contributed by atoms with Gasteiger partial charge in [0.05, 0.1) is 35.0 Å². The molecule has 2 aliphatic heterocycles. The predicted molar refractivity (Wildman–Crippen MR) is 106 cm³/mol. The van der Waals surface area contributed by atoms with E-state index in [1.54, 1.807) is 6.92 Å². The number of halogens is 3. The summed E-state index contributed by atoms with van der Waals surface area (Å²) < 4.78 is 46.0. The van der Waals surface area contributed by atoms with Crippen molar-refractivity contribution in [3.8, 4) is 23.2 Å². The van der Waals surface area contributed by atoms with Gasteiger partial charge in [-0.2, -0.15) is 5.26 Å². The highest BCUT2D eigenvalue weighted by atomic mass is 35.5. The number of nitriles is 1. The Balaban J connectivity index is 1.57. The van der Waals surface area contributed by atoms with E-state index in [9.17, 15) is 19.1 Å². The van der Waals surface area contributed by atoms with Crippen molar-refractivity contribution in [2.45, 2.75) is 31.3 Å². The Morgan fingerprint density at radius 1 is 1.23 bits per heavy atom. The molecule has 0 radical (unpaired) electrons. The third-order valence-electron chi connectivity index (χ3n) is 5.47. The van der Waals surface area contributed by atoms with Crippen molar-refractivity contribution in [1.82, 2.24) is 9.97 Å². The number of hydrogen-bond donors (Lipinski definition) is 2. The van der Waals surface area contributed by atoms with E-state index in [0.717, 1.165) is 0 Å². The highest BCUT2D eigenvalue weighted by Crippen LogP contribution is 2.37. The summed E-state index contributed by atoms with van der Waals surface area (Å²) in [5.74, 6) is -1.49. The van der Waals surface area contributed by atoms with E-state index in [1.807, 2.05) is 6.07 Å². The number of benzene rings is 1. The topological polar surface area (TPSA) is 100 Å². The quantitative estimate of drug-likeness (QED) is 0.639. The van der Waals surface area contributed by atoms with Crippen LogP contribution in [0, 0.1) is 29.9 Å². The van der Waals surface area contributed by atoms with E-state index in [4.69, 9.17) is 25.8 Å². The van der Waals surface area contributed by atoms with Crippen LogP contribution in [0.1, 0.15) is 11.1 Å². The van der Waals surface area contributed by atoms with Crippen LogP contribution >= 0.6 is 11.6 Å². The summed E-state index contributed by atoms with van der Waals surface area (Å²) in [5.41, 5.74) is 0.531. The van der Waals surface area contributed by atoms with E-state index >= 15 is 0 Å². The summed E-state index contributed by atoms with van der Waals surface area (Å²) in [5, 5.41) is 19.6. The zero-order valence-electron chi connectivity index (χ0n) is 16.2. The van der Waals surface area contributed by atoms with Gasteiger partial charge in [-0.25, -0.2) is 13.8 Å². The lowest BCUT2D eigenvalue weighted by Crippen LogP contribution is -2.34. The summed E-state index contributed by atoms with van der Waals surface area (Å²) in [7, 11) is 0. The Labute approximate surface area is 180 Å². The van der Waals surface area contributed by atoms with E-state index < -0.39 is 36.1 Å². The first-order valence-corrected chi connectivity index (χ1v) is 9.91. The largest absolute Gasteiger partial charge is 0.469 e. The van der Waals surface area contributed by atoms with Gasteiger partial charge in [0.15, 0.2) is 6.10 Å². The number of ether oxygens (including phenoxy) is 3. The van der Waals surface area contributed by atoms with Gasteiger partial charge < -0.3 is 24.3 Å². The molecule has 0 saturated carbocycles. The molecule has 0 aliphatic carbocycles. The molecule has 7 nitrogen and oxygen atoms in total. The number of rotatable bonds is 3. The number of aliphatic hydroxyl groups excluding tert-OH is 1. The molecule has 4 atom stereocenters. The maximum Gasteiger partial charge on any atom is 0.212 e. The second-order valence-corrected chi connectivity index (χ2v) is 7.99. The SMILES string of the molecule is Cc1cc(F)c(-c2nc3c(C#N)c(OC4CO[C@@H]5C(O)CO[C@H]45)[nH]c3cc2Cl)c(F)c1. The third-order valence-corrected chi connectivity index (χ3v) is 5.76.